The van der Waals surface area contributed by atoms with Gasteiger partial charge in [0, 0.05) is 23.3 Å². The van der Waals surface area contributed by atoms with Gasteiger partial charge in [0.2, 0.25) is 11.8 Å². The number of rotatable bonds is 4. The maximum atomic E-state index is 12.6. The summed E-state index contributed by atoms with van der Waals surface area (Å²) in [7, 11) is 0. The van der Waals surface area contributed by atoms with Crippen LogP contribution in [0.25, 0.3) is 10.9 Å². The van der Waals surface area contributed by atoms with Crippen LogP contribution in [-0.4, -0.2) is 21.4 Å². The smallest absolute Gasteiger partial charge is 0.261 e. The summed E-state index contributed by atoms with van der Waals surface area (Å²) in [6, 6.07) is 9.63. The first-order chi connectivity index (χ1) is 12.8. The summed E-state index contributed by atoms with van der Waals surface area (Å²) < 4.78 is 1.17. The van der Waals surface area contributed by atoms with Crippen LogP contribution in [0.1, 0.15) is 6.92 Å². The third kappa shape index (κ3) is 4.45. The Labute approximate surface area is 163 Å². The molecular weight excluding hydrogens is 391 g/mol. The van der Waals surface area contributed by atoms with E-state index < -0.39 is 11.5 Å². The van der Waals surface area contributed by atoms with Gasteiger partial charge < -0.3 is 10.6 Å². The second-order valence-electron chi connectivity index (χ2n) is 5.77. The fourth-order valence-corrected chi connectivity index (χ4v) is 3.08. The summed E-state index contributed by atoms with van der Waals surface area (Å²) in [6.07, 6.45) is 1.26. The van der Waals surface area contributed by atoms with Gasteiger partial charge in [0.1, 0.15) is 6.54 Å². The van der Waals surface area contributed by atoms with Crippen LogP contribution in [0.4, 0.5) is 11.4 Å². The number of amides is 2. The van der Waals surface area contributed by atoms with E-state index in [1.54, 1.807) is 24.3 Å². The molecule has 0 fully saturated rings. The van der Waals surface area contributed by atoms with Crippen LogP contribution in [0.2, 0.25) is 10.0 Å². The van der Waals surface area contributed by atoms with E-state index in [4.69, 9.17) is 23.2 Å². The van der Waals surface area contributed by atoms with Crippen LogP contribution in [0.5, 0.6) is 0 Å². The normalized spacial score (nSPS) is 10.6. The molecule has 0 saturated carbocycles. The standard InChI is InChI=1S/C18H14Cl2N4O3/c1-10(25)22-12-3-2-4-13(7-12)23-16(26)8-24-9-21-17-14(18(24)27)5-11(19)6-15(17)20/h2-7,9H,8H2,1H3,(H,22,25)(H,23,26). The van der Waals surface area contributed by atoms with Crippen molar-refractivity contribution in [3.8, 4) is 0 Å². The highest BCUT2D eigenvalue weighted by molar-refractivity contribution is 6.38. The van der Waals surface area contributed by atoms with E-state index in [9.17, 15) is 14.4 Å². The maximum Gasteiger partial charge on any atom is 0.261 e. The van der Waals surface area contributed by atoms with Gasteiger partial charge in [-0.05, 0) is 30.3 Å². The molecule has 0 saturated heterocycles. The van der Waals surface area contributed by atoms with Crippen molar-refractivity contribution >= 4 is 57.3 Å². The maximum absolute atomic E-state index is 12.6. The van der Waals surface area contributed by atoms with Crippen molar-refractivity contribution in [1.82, 2.24) is 9.55 Å². The molecule has 7 nitrogen and oxygen atoms in total. The number of nitrogens with zero attached hydrogens (tertiary/aromatic N) is 2. The van der Waals surface area contributed by atoms with E-state index in [1.807, 2.05) is 0 Å². The number of hydrogen-bond donors (Lipinski definition) is 2. The molecule has 0 radical (unpaired) electrons. The van der Waals surface area contributed by atoms with Gasteiger partial charge in [0.15, 0.2) is 0 Å². The first kappa shape index (κ1) is 18.9. The predicted octanol–water partition coefficient (Wildman–Crippen LogP) is 3.30. The van der Waals surface area contributed by atoms with Crippen LogP contribution in [0.15, 0.2) is 47.5 Å². The second kappa shape index (κ2) is 7.77. The van der Waals surface area contributed by atoms with E-state index in [0.717, 1.165) is 0 Å². The fraction of sp³-hybridized carbons (Fsp3) is 0.111. The van der Waals surface area contributed by atoms with Crippen LogP contribution < -0.4 is 16.2 Å². The van der Waals surface area contributed by atoms with Crippen LogP contribution in [-0.2, 0) is 16.1 Å². The minimum absolute atomic E-state index is 0.218. The third-order valence-corrected chi connectivity index (χ3v) is 4.13. The van der Waals surface area contributed by atoms with Gasteiger partial charge in [-0.15, -0.1) is 0 Å². The molecule has 0 unspecified atom stereocenters. The largest absolute Gasteiger partial charge is 0.326 e. The Kier molecular flexibility index (Phi) is 5.43. The second-order valence-corrected chi connectivity index (χ2v) is 6.62. The summed E-state index contributed by atoms with van der Waals surface area (Å²) >= 11 is 12.0. The molecule has 0 spiro atoms. The zero-order chi connectivity index (χ0) is 19.6. The molecule has 0 aliphatic rings. The van der Waals surface area contributed by atoms with Crippen molar-refractivity contribution < 1.29 is 9.59 Å². The molecule has 3 rings (SSSR count). The molecule has 1 heterocycles. The van der Waals surface area contributed by atoms with Gasteiger partial charge in [0.05, 0.1) is 22.3 Å². The predicted molar refractivity (Wildman–Crippen MR) is 105 cm³/mol. The number of benzene rings is 2. The number of nitrogens with one attached hydrogen (secondary N) is 2. The van der Waals surface area contributed by atoms with Gasteiger partial charge in [0.25, 0.3) is 5.56 Å². The summed E-state index contributed by atoms with van der Waals surface area (Å²) in [5.41, 5.74) is 0.936. The van der Waals surface area contributed by atoms with E-state index in [0.29, 0.717) is 21.9 Å². The minimum Gasteiger partial charge on any atom is -0.326 e. The summed E-state index contributed by atoms with van der Waals surface area (Å²) in [5.74, 6) is -0.643. The molecule has 27 heavy (non-hydrogen) atoms. The van der Waals surface area contributed by atoms with E-state index in [-0.39, 0.29) is 22.9 Å². The van der Waals surface area contributed by atoms with Gasteiger partial charge in [-0.25, -0.2) is 4.98 Å². The molecule has 0 aliphatic heterocycles. The topological polar surface area (TPSA) is 93.1 Å². The van der Waals surface area contributed by atoms with Crippen LogP contribution in [0.3, 0.4) is 0 Å². The molecule has 0 aliphatic carbocycles. The van der Waals surface area contributed by atoms with Crippen LogP contribution >= 0.6 is 23.2 Å². The van der Waals surface area contributed by atoms with Gasteiger partial charge in [-0.2, -0.15) is 0 Å². The van der Waals surface area contributed by atoms with Crippen molar-refractivity contribution in [2.75, 3.05) is 10.6 Å². The Morgan fingerprint density at radius 2 is 1.81 bits per heavy atom. The highest BCUT2D eigenvalue weighted by Crippen LogP contribution is 2.24. The molecule has 2 aromatic carbocycles. The average molecular weight is 405 g/mol. The molecule has 3 aromatic rings. The number of anilines is 2. The SMILES string of the molecule is CC(=O)Nc1cccc(NC(=O)Cn2cnc3c(Cl)cc(Cl)cc3c2=O)c1. The Bertz CT molecular complexity index is 1110. The molecule has 2 N–H and O–H groups in total. The number of fused-ring (bicyclic) bond motifs is 1. The molecule has 138 valence electrons. The fourth-order valence-electron chi connectivity index (χ4n) is 2.54. The molecule has 0 bridgehead atoms. The lowest BCUT2D eigenvalue weighted by Crippen LogP contribution is -2.28. The summed E-state index contributed by atoms with van der Waals surface area (Å²) in [4.78, 5) is 40.1. The van der Waals surface area contributed by atoms with E-state index in [2.05, 4.69) is 15.6 Å². The van der Waals surface area contributed by atoms with E-state index in [1.165, 1.54) is 30.0 Å². The van der Waals surface area contributed by atoms with Gasteiger partial charge >= 0.3 is 0 Å². The lowest BCUT2D eigenvalue weighted by atomic mass is 10.2. The highest BCUT2D eigenvalue weighted by Gasteiger charge is 2.12. The number of carbonyl (C=O) groups is 2. The van der Waals surface area contributed by atoms with Crippen molar-refractivity contribution in [2.24, 2.45) is 0 Å². The third-order valence-electron chi connectivity index (χ3n) is 3.63. The molecule has 0 atom stereocenters. The first-order valence-corrected chi connectivity index (χ1v) is 8.61. The monoisotopic (exact) mass is 404 g/mol. The highest BCUT2D eigenvalue weighted by atomic mass is 35.5. The lowest BCUT2D eigenvalue weighted by Gasteiger charge is -2.10. The zero-order valence-electron chi connectivity index (χ0n) is 14.1. The molecule has 9 heteroatoms. The Balaban J connectivity index is 1.81. The molecule has 2 amide bonds. The van der Waals surface area contributed by atoms with Crippen molar-refractivity contribution in [3.05, 3.63) is 63.1 Å². The molecule has 1 aromatic heterocycles. The zero-order valence-corrected chi connectivity index (χ0v) is 15.6. The first-order valence-electron chi connectivity index (χ1n) is 7.85. The van der Waals surface area contributed by atoms with Crippen molar-refractivity contribution in [2.45, 2.75) is 13.5 Å². The lowest BCUT2D eigenvalue weighted by molar-refractivity contribution is -0.117. The number of carbonyl (C=O) groups excluding carboxylic acids is 2. The van der Waals surface area contributed by atoms with Gasteiger partial charge in [-0.3, -0.25) is 19.0 Å². The quantitative estimate of drug-likeness (QED) is 0.697. The Morgan fingerprint density at radius 1 is 1.11 bits per heavy atom. The Hall–Kier alpha value is -2.90. The number of aromatic nitrogens is 2. The Morgan fingerprint density at radius 3 is 2.52 bits per heavy atom. The average Bonchev–Trinajstić information content (AvgIpc) is 2.57. The van der Waals surface area contributed by atoms with Crippen molar-refractivity contribution in [3.63, 3.8) is 0 Å². The van der Waals surface area contributed by atoms with E-state index >= 15 is 0 Å². The summed E-state index contributed by atoms with van der Waals surface area (Å²) in [6.45, 7) is 1.15. The van der Waals surface area contributed by atoms with Crippen molar-refractivity contribution in [1.29, 1.82) is 0 Å². The minimum atomic E-state index is -0.425. The summed E-state index contributed by atoms with van der Waals surface area (Å²) in [5, 5.41) is 6.11. The van der Waals surface area contributed by atoms with Crippen LogP contribution in [0, 0.1) is 0 Å². The van der Waals surface area contributed by atoms with Gasteiger partial charge in [-0.1, -0.05) is 29.3 Å². The number of halogens is 2. The molecular formula is C18H14Cl2N4O3. The number of hydrogen-bond acceptors (Lipinski definition) is 4.